The fraction of sp³-hybridized carbons (Fsp3) is 0.350. The van der Waals surface area contributed by atoms with E-state index in [0.717, 1.165) is 25.1 Å². The Hall–Kier alpha value is -2.73. The molecule has 1 saturated heterocycles. The van der Waals surface area contributed by atoms with Crippen LogP contribution >= 0.6 is 0 Å². The molecule has 0 radical (unpaired) electrons. The van der Waals surface area contributed by atoms with Gasteiger partial charge in [-0.3, -0.25) is 14.6 Å². The van der Waals surface area contributed by atoms with Crippen LogP contribution in [0.3, 0.4) is 0 Å². The fourth-order valence-corrected chi connectivity index (χ4v) is 3.17. The summed E-state index contributed by atoms with van der Waals surface area (Å²) in [6, 6.07) is 11.7. The number of aromatic nitrogens is 1. The lowest BCUT2D eigenvalue weighted by Crippen LogP contribution is -2.48. The van der Waals surface area contributed by atoms with E-state index in [1.807, 2.05) is 4.90 Å². The van der Waals surface area contributed by atoms with Gasteiger partial charge in [-0.05, 0) is 29.7 Å². The van der Waals surface area contributed by atoms with E-state index in [4.69, 9.17) is 0 Å². The summed E-state index contributed by atoms with van der Waals surface area (Å²) in [5.41, 5.74) is 3.20. The second-order valence-corrected chi connectivity index (χ2v) is 6.32. The number of aryl methyl sites for hydroxylation is 1. The minimum atomic E-state index is -0.264. The van der Waals surface area contributed by atoms with Gasteiger partial charge in [0.05, 0.1) is 11.6 Å². The standard InChI is InChI=1S/C20H24N4O2/c1-3-14-4-6-15(7-5-14)18-13-22-10-11-24(18)20(26)16-8-9-17(23-12-16)19(25)21-2/h4-9,12,18,22H,3,10-11,13H2,1-2H3,(H,21,25). The first-order valence-corrected chi connectivity index (χ1v) is 8.92. The van der Waals surface area contributed by atoms with Crippen molar-refractivity contribution in [3.63, 3.8) is 0 Å². The van der Waals surface area contributed by atoms with E-state index in [1.54, 1.807) is 19.2 Å². The molecule has 0 spiro atoms. The molecule has 2 amide bonds. The second kappa shape index (κ2) is 8.10. The zero-order chi connectivity index (χ0) is 18.5. The number of benzene rings is 1. The van der Waals surface area contributed by atoms with E-state index >= 15 is 0 Å². The van der Waals surface area contributed by atoms with E-state index in [1.165, 1.54) is 11.8 Å². The monoisotopic (exact) mass is 352 g/mol. The van der Waals surface area contributed by atoms with Crippen molar-refractivity contribution in [3.05, 3.63) is 65.0 Å². The highest BCUT2D eigenvalue weighted by Crippen LogP contribution is 2.24. The maximum atomic E-state index is 13.0. The summed E-state index contributed by atoms with van der Waals surface area (Å²) < 4.78 is 0. The van der Waals surface area contributed by atoms with Gasteiger partial charge in [0.25, 0.3) is 11.8 Å². The quantitative estimate of drug-likeness (QED) is 0.880. The second-order valence-electron chi connectivity index (χ2n) is 6.32. The molecule has 26 heavy (non-hydrogen) atoms. The zero-order valence-electron chi connectivity index (χ0n) is 15.2. The summed E-state index contributed by atoms with van der Waals surface area (Å²) >= 11 is 0. The van der Waals surface area contributed by atoms with Gasteiger partial charge in [0.15, 0.2) is 0 Å². The molecule has 1 aliphatic heterocycles. The lowest BCUT2D eigenvalue weighted by atomic mass is 10.00. The summed E-state index contributed by atoms with van der Waals surface area (Å²) in [6.45, 7) is 4.25. The van der Waals surface area contributed by atoms with Gasteiger partial charge >= 0.3 is 0 Å². The average molecular weight is 352 g/mol. The first-order chi connectivity index (χ1) is 12.6. The third-order valence-electron chi connectivity index (χ3n) is 4.75. The van der Waals surface area contributed by atoms with Crippen LogP contribution in [-0.4, -0.2) is 48.4 Å². The van der Waals surface area contributed by atoms with Crippen molar-refractivity contribution in [2.24, 2.45) is 0 Å². The largest absolute Gasteiger partial charge is 0.354 e. The average Bonchev–Trinajstić information content (AvgIpc) is 2.73. The van der Waals surface area contributed by atoms with Crippen molar-refractivity contribution < 1.29 is 9.59 Å². The smallest absolute Gasteiger partial charge is 0.269 e. The van der Waals surface area contributed by atoms with Crippen molar-refractivity contribution in [2.45, 2.75) is 19.4 Å². The van der Waals surface area contributed by atoms with Gasteiger partial charge in [0.2, 0.25) is 0 Å². The van der Waals surface area contributed by atoms with Gasteiger partial charge in [0, 0.05) is 32.9 Å². The number of carbonyl (C=O) groups is 2. The molecule has 1 fully saturated rings. The Morgan fingerprint density at radius 3 is 2.62 bits per heavy atom. The lowest BCUT2D eigenvalue weighted by molar-refractivity contribution is 0.0633. The van der Waals surface area contributed by atoms with Crippen LogP contribution < -0.4 is 10.6 Å². The summed E-state index contributed by atoms with van der Waals surface area (Å²) in [4.78, 5) is 30.6. The highest BCUT2D eigenvalue weighted by Gasteiger charge is 2.28. The Bertz CT molecular complexity index is 771. The molecule has 3 rings (SSSR count). The first-order valence-electron chi connectivity index (χ1n) is 8.92. The van der Waals surface area contributed by atoms with Gasteiger partial charge in [-0.2, -0.15) is 0 Å². The van der Waals surface area contributed by atoms with Crippen LogP contribution in [0.4, 0.5) is 0 Å². The van der Waals surface area contributed by atoms with Crippen molar-refractivity contribution in [3.8, 4) is 0 Å². The third-order valence-corrected chi connectivity index (χ3v) is 4.75. The summed E-state index contributed by atoms with van der Waals surface area (Å²) in [5.74, 6) is -0.327. The number of pyridine rings is 1. The number of carbonyl (C=O) groups excluding carboxylic acids is 2. The van der Waals surface area contributed by atoms with Crippen LogP contribution in [-0.2, 0) is 6.42 Å². The summed E-state index contributed by atoms with van der Waals surface area (Å²) in [5, 5.41) is 5.89. The number of amides is 2. The molecule has 0 aliphatic carbocycles. The highest BCUT2D eigenvalue weighted by atomic mass is 16.2. The van der Waals surface area contributed by atoms with E-state index in [-0.39, 0.29) is 17.9 Å². The molecule has 1 aromatic heterocycles. The van der Waals surface area contributed by atoms with Crippen molar-refractivity contribution in [1.82, 2.24) is 20.5 Å². The van der Waals surface area contributed by atoms with Crippen LogP contribution in [0.5, 0.6) is 0 Å². The van der Waals surface area contributed by atoms with Crippen molar-refractivity contribution in [2.75, 3.05) is 26.7 Å². The maximum Gasteiger partial charge on any atom is 0.269 e. The Morgan fingerprint density at radius 2 is 2.00 bits per heavy atom. The molecule has 6 heteroatoms. The zero-order valence-corrected chi connectivity index (χ0v) is 15.2. The molecule has 1 atom stereocenters. The van der Waals surface area contributed by atoms with Crippen LogP contribution in [0.1, 0.15) is 44.9 Å². The molecule has 6 nitrogen and oxygen atoms in total. The Morgan fingerprint density at radius 1 is 1.23 bits per heavy atom. The molecule has 0 bridgehead atoms. The fourth-order valence-electron chi connectivity index (χ4n) is 3.17. The van der Waals surface area contributed by atoms with Gasteiger partial charge in [-0.15, -0.1) is 0 Å². The Kier molecular flexibility index (Phi) is 5.63. The Labute approximate surface area is 153 Å². The van der Waals surface area contributed by atoms with Gasteiger partial charge in [-0.25, -0.2) is 0 Å². The van der Waals surface area contributed by atoms with Gasteiger partial charge in [0.1, 0.15) is 5.69 Å². The van der Waals surface area contributed by atoms with Gasteiger partial charge < -0.3 is 15.5 Å². The number of hydrogen-bond donors (Lipinski definition) is 2. The molecule has 136 valence electrons. The third kappa shape index (κ3) is 3.75. The number of nitrogens with zero attached hydrogens (tertiary/aromatic N) is 2. The molecule has 2 heterocycles. The van der Waals surface area contributed by atoms with E-state index < -0.39 is 0 Å². The van der Waals surface area contributed by atoms with Crippen LogP contribution in [0, 0.1) is 0 Å². The lowest BCUT2D eigenvalue weighted by Gasteiger charge is -2.36. The van der Waals surface area contributed by atoms with Crippen LogP contribution in [0.25, 0.3) is 0 Å². The van der Waals surface area contributed by atoms with Crippen molar-refractivity contribution >= 4 is 11.8 Å². The first kappa shape index (κ1) is 18.1. The van der Waals surface area contributed by atoms with Crippen LogP contribution in [0.2, 0.25) is 0 Å². The Balaban J connectivity index is 1.82. The van der Waals surface area contributed by atoms with Gasteiger partial charge in [-0.1, -0.05) is 31.2 Å². The molecule has 0 saturated carbocycles. The normalized spacial score (nSPS) is 17.0. The van der Waals surface area contributed by atoms with Crippen LogP contribution in [0.15, 0.2) is 42.6 Å². The predicted octanol–water partition coefficient (Wildman–Crippen LogP) is 1.79. The number of piperazine rings is 1. The topological polar surface area (TPSA) is 74.3 Å². The number of nitrogens with one attached hydrogen (secondary N) is 2. The molecule has 1 aromatic carbocycles. The van der Waals surface area contributed by atoms with E-state index in [2.05, 4.69) is 46.8 Å². The number of rotatable bonds is 4. The molecule has 1 aliphatic rings. The van der Waals surface area contributed by atoms with E-state index in [0.29, 0.717) is 17.8 Å². The predicted molar refractivity (Wildman–Crippen MR) is 100 cm³/mol. The molecule has 2 N–H and O–H groups in total. The molecule has 1 unspecified atom stereocenters. The van der Waals surface area contributed by atoms with Crippen molar-refractivity contribution in [1.29, 1.82) is 0 Å². The SMILES string of the molecule is CCc1ccc(C2CNCCN2C(=O)c2ccc(C(=O)NC)nc2)cc1. The van der Waals surface area contributed by atoms with E-state index in [9.17, 15) is 9.59 Å². The number of hydrogen-bond acceptors (Lipinski definition) is 4. The maximum absolute atomic E-state index is 13.0. The summed E-state index contributed by atoms with van der Waals surface area (Å²) in [7, 11) is 1.55. The minimum Gasteiger partial charge on any atom is -0.354 e. The minimum absolute atomic E-state index is 0.0132. The highest BCUT2D eigenvalue weighted by molar-refractivity contribution is 5.96. The summed E-state index contributed by atoms with van der Waals surface area (Å²) in [6.07, 6.45) is 2.47. The molecular weight excluding hydrogens is 328 g/mol. The molecular formula is C20H24N4O2. The molecule has 2 aromatic rings.